The van der Waals surface area contributed by atoms with Crippen LogP contribution in [0.1, 0.15) is 32.0 Å². The number of fused-ring (bicyclic) bond motifs is 1. The number of H-pyrrole nitrogens is 1. The van der Waals surface area contributed by atoms with E-state index in [1.165, 1.54) is 11.3 Å². The minimum absolute atomic E-state index is 0.328. The Bertz CT molecular complexity index is 295. The molecule has 1 atom stereocenters. The van der Waals surface area contributed by atoms with E-state index in [0.717, 1.165) is 13.0 Å². The van der Waals surface area contributed by atoms with Crippen LogP contribution in [0.3, 0.4) is 0 Å². The molecule has 1 unspecified atom stereocenters. The van der Waals surface area contributed by atoms with Crippen molar-refractivity contribution in [2.45, 2.75) is 39.8 Å². The molecule has 0 bridgehead atoms. The highest BCUT2D eigenvalue weighted by Crippen LogP contribution is 2.26. The Kier molecular flexibility index (Phi) is 1.91. The third-order valence-corrected chi connectivity index (χ3v) is 2.79. The molecular weight excluding hydrogens is 162 g/mol. The van der Waals surface area contributed by atoms with Gasteiger partial charge in [0.05, 0.1) is 5.69 Å². The van der Waals surface area contributed by atoms with Crippen molar-refractivity contribution in [1.29, 1.82) is 0 Å². The lowest BCUT2D eigenvalue weighted by atomic mass is 9.81. The van der Waals surface area contributed by atoms with Crippen molar-refractivity contribution in [3.05, 3.63) is 17.5 Å². The Balaban J connectivity index is 2.18. The van der Waals surface area contributed by atoms with Gasteiger partial charge in [0.25, 0.3) is 0 Å². The molecule has 0 spiro atoms. The molecule has 72 valence electrons. The van der Waals surface area contributed by atoms with Crippen LogP contribution in [-0.2, 0) is 13.0 Å². The zero-order valence-electron chi connectivity index (χ0n) is 8.52. The van der Waals surface area contributed by atoms with Gasteiger partial charge < -0.3 is 5.32 Å². The predicted molar refractivity (Wildman–Crippen MR) is 52.4 cm³/mol. The molecule has 2 heterocycles. The van der Waals surface area contributed by atoms with Crippen LogP contribution < -0.4 is 5.32 Å². The van der Waals surface area contributed by atoms with Gasteiger partial charge in [0, 0.05) is 18.8 Å². The third-order valence-electron chi connectivity index (χ3n) is 2.79. The first-order valence-corrected chi connectivity index (χ1v) is 4.82. The summed E-state index contributed by atoms with van der Waals surface area (Å²) in [6, 6.07) is 0.567. The Labute approximate surface area is 78.9 Å². The second kappa shape index (κ2) is 2.84. The minimum atomic E-state index is 0.328. The summed E-state index contributed by atoms with van der Waals surface area (Å²) in [7, 11) is 0. The van der Waals surface area contributed by atoms with E-state index in [1.54, 1.807) is 0 Å². The van der Waals surface area contributed by atoms with Crippen molar-refractivity contribution in [3.8, 4) is 0 Å². The number of hydrogen-bond acceptors (Lipinski definition) is 2. The molecule has 0 amide bonds. The number of rotatable bonds is 0. The molecule has 1 aliphatic heterocycles. The topological polar surface area (TPSA) is 40.7 Å². The first-order valence-electron chi connectivity index (χ1n) is 4.82. The third kappa shape index (κ3) is 1.61. The van der Waals surface area contributed by atoms with Gasteiger partial charge in [0.1, 0.15) is 0 Å². The van der Waals surface area contributed by atoms with Crippen molar-refractivity contribution in [2.75, 3.05) is 0 Å². The van der Waals surface area contributed by atoms with Gasteiger partial charge in [-0.3, -0.25) is 5.10 Å². The number of aromatic amines is 1. The van der Waals surface area contributed by atoms with Crippen LogP contribution in [0.2, 0.25) is 0 Å². The molecule has 3 nitrogen and oxygen atoms in total. The average Bonchev–Trinajstić information content (AvgIpc) is 2.47. The van der Waals surface area contributed by atoms with Gasteiger partial charge >= 0.3 is 0 Å². The van der Waals surface area contributed by atoms with Crippen LogP contribution in [0.25, 0.3) is 0 Å². The number of hydrogen-bond donors (Lipinski definition) is 2. The monoisotopic (exact) mass is 179 g/mol. The highest BCUT2D eigenvalue weighted by molar-refractivity contribution is 5.21. The molecule has 0 aromatic carbocycles. The molecule has 2 N–H and O–H groups in total. The summed E-state index contributed by atoms with van der Waals surface area (Å²) >= 11 is 0. The van der Waals surface area contributed by atoms with E-state index in [0.29, 0.717) is 11.5 Å². The van der Waals surface area contributed by atoms with E-state index in [4.69, 9.17) is 0 Å². The fourth-order valence-electron chi connectivity index (χ4n) is 1.80. The molecule has 1 aliphatic rings. The molecule has 0 saturated carbocycles. The number of nitrogens with one attached hydrogen (secondary N) is 2. The first-order chi connectivity index (χ1) is 6.07. The van der Waals surface area contributed by atoms with Gasteiger partial charge in [-0.25, -0.2) is 0 Å². The summed E-state index contributed by atoms with van der Waals surface area (Å²) < 4.78 is 0. The normalized spacial score (nSPS) is 22.8. The van der Waals surface area contributed by atoms with E-state index in [1.807, 2.05) is 6.20 Å². The summed E-state index contributed by atoms with van der Waals surface area (Å²) in [5.74, 6) is 0. The van der Waals surface area contributed by atoms with Crippen LogP contribution in [-0.4, -0.2) is 16.2 Å². The van der Waals surface area contributed by atoms with Crippen LogP contribution in [0.5, 0.6) is 0 Å². The van der Waals surface area contributed by atoms with Crippen LogP contribution in [0.4, 0.5) is 0 Å². The molecule has 1 aromatic heterocycles. The fourth-order valence-corrected chi connectivity index (χ4v) is 1.80. The summed E-state index contributed by atoms with van der Waals surface area (Å²) in [6.45, 7) is 7.72. The average molecular weight is 179 g/mol. The van der Waals surface area contributed by atoms with Gasteiger partial charge in [-0.15, -0.1) is 0 Å². The van der Waals surface area contributed by atoms with Gasteiger partial charge in [-0.2, -0.15) is 5.10 Å². The minimum Gasteiger partial charge on any atom is -0.307 e. The number of nitrogens with zero attached hydrogens (tertiary/aromatic N) is 1. The van der Waals surface area contributed by atoms with Crippen molar-refractivity contribution in [3.63, 3.8) is 0 Å². The van der Waals surface area contributed by atoms with Crippen molar-refractivity contribution < 1.29 is 0 Å². The summed E-state index contributed by atoms with van der Waals surface area (Å²) in [5, 5.41) is 10.6. The Hall–Kier alpha value is -0.830. The zero-order chi connectivity index (χ0) is 9.47. The predicted octanol–water partition coefficient (Wildman–Crippen LogP) is 1.47. The fraction of sp³-hybridized carbons (Fsp3) is 0.700. The van der Waals surface area contributed by atoms with Crippen molar-refractivity contribution in [2.24, 2.45) is 5.41 Å². The SMILES string of the molecule is CC(C)(C)C1Cc2c[nH]nc2CN1. The molecule has 0 radical (unpaired) electrons. The highest BCUT2D eigenvalue weighted by atomic mass is 15.1. The lowest BCUT2D eigenvalue weighted by Gasteiger charge is -2.34. The molecule has 2 rings (SSSR count). The van der Waals surface area contributed by atoms with E-state index >= 15 is 0 Å². The van der Waals surface area contributed by atoms with Crippen LogP contribution in [0, 0.1) is 5.41 Å². The van der Waals surface area contributed by atoms with Gasteiger partial charge in [-0.1, -0.05) is 20.8 Å². The Morgan fingerprint density at radius 1 is 1.46 bits per heavy atom. The second-order valence-electron chi connectivity index (χ2n) is 4.86. The van der Waals surface area contributed by atoms with Crippen molar-refractivity contribution >= 4 is 0 Å². The van der Waals surface area contributed by atoms with E-state index < -0.39 is 0 Å². The Morgan fingerprint density at radius 3 is 2.92 bits per heavy atom. The maximum Gasteiger partial charge on any atom is 0.0792 e. The van der Waals surface area contributed by atoms with Crippen LogP contribution in [0.15, 0.2) is 6.20 Å². The van der Waals surface area contributed by atoms with E-state index in [2.05, 4.69) is 36.3 Å². The first kappa shape index (κ1) is 8.75. The quantitative estimate of drug-likeness (QED) is 0.633. The zero-order valence-corrected chi connectivity index (χ0v) is 8.52. The highest BCUT2D eigenvalue weighted by Gasteiger charge is 2.28. The van der Waals surface area contributed by atoms with Gasteiger partial charge in [-0.05, 0) is 17.4 Å². The second-order valence-corrected chi connectivity index (χ2v) is 4.86. The lowest BCUT2D eigenvalue weighted by Crippen LogP contribution is -2.44. The Morgan fingerprint density at radius 2 is 2.23 bits per heavy atom. The van der Waals surface area contributed by atoms with Gasteiger partial charge in [0.15, 0.2) is 0 Å². The molecular formula is C10H17N3. The van der Waals surface area contributed by atoms with E-state index in [9.17, 15) is 0 Å². The molecule has 13 heavy (non-hydrogen) atoms. The smallest absolute Gasteiger partial charge is 0.0792 e. The molecule has 0 saturated heterocycles. The summed E-state index contributed by atoms with van der Waals surface area (Å²) in [6.07, 6.45) is 3.12. The van der Waals surface area contributed by atoms with Crippen LogP contribution >= 0.6 is 0 Å². The maximum absolute atomic E-state index is 4.19. The van der Waals surface area contributed by atoms with E-state index in [-0.39, 0.29) is 0 Å². The molecule has 0 aliphatic carbocycles. The lowest BCUT2D eigenvalue weighted by molar-refractivity contribution is 0.254. The summed E-state index contributed by atoms with van der Waals surface area (Å²) in [5.41, 5.74) is 2.88. The number of aromatic nitrogens is 2. The van der Waals surface area contributed by atoms with Gasteiger partial charge in [0.2, 0.25) is 0 Å². The largest absolute Gasteiger partial charge is 0.307 e. The molecule has 3 heteroatoms. The maximum atomic E-state index is 4.19. The standard InChI is InChI=1S/C10H17N3/c1-10(2,3)9-4-7-5-12-13-8(7)6-11-9/h5,9,11H,4,6H2,1-3H3,(H,12,13). The van der Waals surface area contributed by atoms with Crippen molar-refractivity contribution in [1.82, 2.24) is 15.5 Å². The molecule has 0 fully saturated rings. The summed E-state index contributed by atoms with van der Waals surface area (Å²) in [4.78, 5) is 0. The molecule has 1 aromatic rings.